The van der Waals surface area contributed by atoms with E-state index in [4.69, 9.17) is 21.1 Å². The zero-order valence-corrected chi connectivity index (χ0v) is 15.7. The first kappa shape index (κ1) is 22.0. The van der Waals surface area contributed by atoms with Crippen molar-refractivity contribution in [3.8, 4) is 17.4 Å². The highest BCUT2D eigenvalue weighted by Gasteiger charge is 2.31. The van der Waals surface area contributed by atoms with Crippen LogP contribution in [-0.4, -0.2) is 31.1 Å². The summed E-state index contributed by atoms with van der Waals surface area (Å²) < 4.78 is 57.5. The summed E-state index contributed by atoms with van der Waals surface area (Å²) in [6.45, 7) is 0. The largest absolute Gasteiger partial charge is 0.466 e. The van der Waals surface area contributed by atoms with Gasteiger partial charge in [0.1, 0.15) is 16.5 Å². The van der Waals surface area contributed by atoms with Crippen molar-refractivity contribution in [1.29, 1.82) is 0 Å². The standard InChI is InChI=1S/C18H13ClF3NO6/c1-26-15(24)8-14(17(25)27-2)28-11-3-5-12(6-4-11)29-16-13(19)7-10(9-23-16)18(20,21)22/h3-9H,1-2H3/b14-8+. The van der Waals surface area contributed by atoms with Crippen LogP contribution in [-0.2, 0) is 25.2 Å². The molecular formula is C18H13ClF3NO6. The van der Waals surface area contributed by atoms with Crippen molar-refractivity contribution in [1.82, 2.24) is 4.98 Å². The predicted molar refractivity (Wildman–Crippen MR) is 93.5 cm³/mol. The molecular weight excluding hydrogens is 419 g/mol. The molecule has 0 bridgehead atoms. The first-order valence-electron chi connectivity index (χ1n) is 7.70. The number of pyridine rings is 1. The first-order chi connectivity index (χ1) is 13.6. The van der Waals surface area contributed by atoms with Gasteiger partial charge in [0.15, 0.2) is 0 Å². The van der Waals surface area contributed by atoms with E-state index in [9.17, 15) is 22.8 Å². The molecule has 0 aliphatic heterocycles. The summed E-state index contributed by atoms with van der Waals surface area (Å²) in [6, 6.07) is 6.22. The Kier molecular flexibility index (Phi) is 7.05. The first-order valence-corrected chi connectivity index (χ1v) is 8.08. The van der Waals surface area contributed by atoms with Crippen LogP contribution in [0.2, 0.25) is 5.02 Å². The summed E-state index contributed by atoms with van der Waals surface area (Å²) in [5.74, 6) is -2.05. The highest BCUT2D eigenvalue weighted by Crippen LogP contribution is 2.34. The van der Waals surface area contributed by atoms with Gasteiger partial charge < -0.3 is 18.9 Å². The van der Waals surface area contributed by atoms with Gasteiger partial charge in [0.25, 0.3) is 0 Å². The smallest absolute Gasteiger partial charge is 0.417 e. The summed E-state index contributed by atoms with van der Waals surface area (Å²) in [4.78, 5) is 26.5. The van der Waals surface area contributed by atoms with E-state index in [2.05, 4.69) is 14.5 Å². The van der Waals surface area contributed by atoms with E-state index in [1.165, 1.54) is 24.3 Å². The number of halogens is 4. The topological polar surface area (TPSA) is 84.0 Å². The van der Waals surface area contributed by atoms with Crippen LogP contribution in [0.4, 0.5) is 13.2 Å². The quantitative estimate of drug-likeness (QED) is 0.386. The molecule has 0 fully saturated rings. The normalized spacial score (nSPS) is 11.6. The van der Waals surface area contributed by atoms with Gasteiger partial charge in [0, 0.05) is 6.20 Å². The summed E-state index contributed by atoms with van der Waals surface area (Å²) in [6.07, 6.45) is -3.18. The molecule has 0 N–H and O–H groups in total. The molecule has 7 nitrogen and oxygen atoms in total. The van der Waals surface area contributed by atoms with Crippen LogP contribution in [0.5, 0.6) is 17.4 Å². The van der Waals surface area contributed by atoms with Crippen LogP contribution in [0.15, 0.2) is 48.4 Å². The number of methoxy groups -OCH3 is 2. The maximum atomic E-state index is 12.6. The lowest BCUT2D eigenvalue weighted by Gasteiger charge is -2.11. The number of ether oxygens (including phenoxy) is 4. The van der Waals surface area contributed by atoms with Gasteiger partial charge >= 0.3 is 18.1 Å². The lowest BCUT2D eigenvalue weighted by atomic mass is 10.3. The average Bonchev–Trinajstić information content (AvgIpc) is 2.68. The Morgan fingerprint density at radius 2 is 1.69 bits per heavy atom. The van der Waals surface area contributed by atoms with Crippen LogP contribution >= 0.6 is 11.6 Å². The molecule has 1 aromatic carbocycles. The monoisotopic (exact) mass is 431 g/mol. The van der Waals surface area contributed by atoms with E-state index in [-0.39, 0.29) is 22.4 Å². The molecule has 29 heavy (non-hydrogen) atoms. The summed E-state index contributed by atoms with van der Waals surface area (Å²) in [5, 5.41) is -0.325. The van der Waals surface area contributed by atoms with Crippen LogP contribution in [0, 0.1) is 0 Å². The molecule has 154 valence electrons. The zero-order chi connectivity index (χ0) is 21.6. The average molecular weight is 432 g/mol. The highest BCUT2D eigenvalue weighted by molar-refractivity contribution is 6.31. The van der Waals surface area contributed by atoms with Gasteiger partial charge in [-0.1, -0.05) is 11.6 Å². The molecule has 0 spiro atoms. The number of hydrogen-bond donors (Lipinski definition) is 0. The van der Waals surface area contributed by atoms with Gasteiger partial charge in [0.2, 0.25) is 11.6 Å². The van der Waals surface area contributed by atoms with Crippen molar-refractivity contribution < 1.29 is 41.7 Å². The van der Waals surface area contributed by atoms with E-state index in [0.29, 0.717) is 12.3 Å². The van der Waals surface area contributed by atoms with E-state index in [0.717, 1.165) is 20.3 Å². The molecule has 2 aromatic rings. The third-order valence-corrected chi connectivity index (χ3v) is 3.51. The second kappa shape index (κ2) is 9.28. The summed E-state index contributed by atoms with van der Waals surface area (Å²) >= 11 is 5.78. The van der Waals surface area contributed by atoms with Gasteiger partial charge in [-0.2, -0.15) is 13.2 Å². The Hall–Kier alpha value is -3.27. The van der Waals surface area contributed by atoms with Crippen LogP contribution in [0.25, 0.3) is 0 Å². The number of carbonyl (C=O) groups is 2. The van der Waals surface area contributed by atoms with Crippen molar-refractivity contribution in [3.05, 3.63) is 58.9 Å². The molecule has 0 atom stereocenters. The van der Waals surface area contributed by atoms with Gasteiger partial charge in [-0.15, -0.1) is 0 Å². The fraction of sp³-hybridized carbons (Fsp3) is 0.167. The van der Waals surface area contributed by atoms with E-state index < -0.39 is 29.4 Å². The molecule has 2 rings (SSSR count). The summed E-state index contributed by atoms with van der Waals surface area (Å²) in [7, 11) is 2.23. The fourth-order valence-electron chi connectivity index (χ4n) is 1.87. The Morgan fingerprint density at radius 3 is 2.21 bits per heavy atom. The molecule has 0 aliphatic rings. The molecule has 0 radical (unpaired) electrons. The molecule has 0 saturated heterocycles. The lowest BCUT2D eigenvalue weighted by Crippen LogP contribution is -2.13. The predicted octanol–water partition coefficient (Wildman–Crippen LogP) is 4.15. The zero-order valence-electron chi connectivity index (χ0n) is 15.0. The number of alkyl halides is 3. The van der Waals surface area contributed by atoms with Gasteiger partial charge in [-0.25, -0.2) is 14.6 Å². The van der Waals surface area contributed by atoms with E-state index >= 15 is 0 Å². The molecule has 0 amide bonds. The second-order valence-electron chi connectivity index (χ2n) is 5.21. The SMILES string of the molecule is COC(=O)/C=C(/Oc1ccc(Oc2ncc(C(F)(F)F)cc2Cl)cc1)C(=O)OC. The Morgan fingerprint density at radius 1 is 1.07 bits per heavy atom. The third-order valence-electron chi connectivity index (χ3n) is 3.24. The van der Waals surface area contributed by atoms with Crippen molar-refractivity contribution in [2.75, 3.05) is 14.2 Å². The van der Waals surface area contributed by atoms with E-state index in [1.54, 1.807) is 0 Å². The number of nitrogens with zero attached hydrogens (tertiary/aromatic N) is 1. The van der Waals surface area contributed by atoms with Gasteiger partial charge in [0.05, 0.1) is 25.9 Å². The molecule has 1 heterocycles. The minimum Gasteiger partial charge on any atom is -0.466 e. The maximum absolute atomic E-state index is 12.6. The summed E-state index contributed by atoms with van der Waals surface area (Å²) in [5.41, 5.74) is -1.01. The number of esters is 2. The Labute approximate surface area is 167 Å². The second-order valence-corrected chi connectivity index (χ2v) is 5.61. The van der Waals surface area contributed by atoms with Gasteiger partial charge in [-0.3, -0.25) is 0 Å². The fourth-order valence-corrected chi connectivity index (χ4v) is 2.07. The Balaban J connectivity index is 2.15. The number of aromatic nitrogens is 1. The molecule has 0 saturated carbocycles. The number of hydrogen-bond acceptors (Lipinski definition) is 7. The Bertz CT molecular complexity index is 928. The maximum Gasteiger partial charge on any atom is 0.417 e. The molecule has 1 aromatic heterocycles. The number of carbonyl (C=O) groups excluding carboxylic acids is 2. The van der Waals surface area contributed by atoms with Crippen LogP contribution < -0.4 is 9.47 Å². The number of benzene rings is 1. The van der Waals surface area contributed by atoms with E-state index in [1.807, 2.05) is 0 Å². The minimum atomic E-state index is -4.58. The number of rotatable bonds is 6. The van der Waals surface area contributed by atoms with Crippen molar-refractivity contribution in [2.45, 2.75) is 6.18 Å². The molecule has 11 heteroatoms. The van der Waals surface area contributed by atoms with Crippen LogP contribution in [0.1, 0.15) is 5.56 Å². The highest BCUT2D eigenvalue weighted by atomic mass is 35.5. The molecule has 0 aliphatic carbocycles. The molecule has 0 unspecified atom stereocenters. The minimum absolute atomic E-state index is 0.143. The van der Waals surface area contributed by atoms with Crippen molar-refractivity contribution in [2.24, 2.45) is 0 Å². The third kappa shape index (κ3) is 6.11. The van der Waals surface area contributed by atoms with Crippen molar-refractivity contribution >= 4 is 23.5 Å². The van der Waals surface area contributed by atoms with Gasteiger partial charge in [-0.05, 0) is 30.3 Å². The lowest BCUT2D eigenvalue weighted by molar-refractivity contribution is -0.140. The van der Waals surface area contributed by atoms with Crippen LogP contribution in [0.3, 0.4) is 0 Å². The van der Waals surface area contributed by atoms with Crippen molar-refractivity contribution in [3.63, 3.8) is 0 Å².